The van der Waals surface area contributed by atoms with Crippen molar-refractivity contribution >= 4 is 32.4 Å². The second-order valence-electron chi connectivity index (χ2n) is 4.21. The van der Waals surface area contributed by atoms with E-state index < -0.39 is 10.0 Å². The fraction of sp³-hybridized carbons (Fsp3) is 0.667. The van der Waals surface area contributed by atoms with Gasteiger partial charge in [0.1, 0.15) is 0 Å². The van der Waals surface area contributed by atoms with Gasteiger partial charge < -0.3 is 5.32 Å². The first-order valence-corrected chi connectivity index (χ1v) is 7.65. The summed E-state index contributed by atoms with van der Waals surface area (Å²) in [7, 11) is -3.68. The van der Waals surface area contributed by atoms with Crippen molar-refractivity contribution in [2.45, 2.75) is 38.1 Å². The standard InChI is InChI=1S/C9H16N4O3S2/c1-5(2)6(3)13-18(15,16)9-12-11-8(17-9)10-7(4)14/h5-6,13H,1-4H3,(H,10,11,14). The minimum Gasteiger partial charge on any atom is -0.301 e. The molecule has 7 nitrogen and oxygen atoms in total. The highest BCUT2D eigenvalue weighted by Crippen LogP contribution is 2.20. The van der Waals surface area contributed by atoms with E-state index in [2.05, 4.69) is 20.2 Å². The fourth-order valence-corrected chi connectivity index (χ4v) is 3.30. The maximum absolute atomic E-state index is 11.9. The average Bonchev–Trinajstić information content (AvgIpc) is 2.64. The minimum absolute atomic E-state index is 0.154. The summed E-state index contributed by atoms with van der Waals surface area (Å²) in [6, 6.07) is -0.205. The number of aromatic nitrogens is 2. The molecule has 1 aromatic heterocycles. The number of anilines is 1. The normalized spacial score (nSPS) is 13.6. The molecule has 0 aliphatic carbocycles. The van der Waals surface area contributed by atoms with Crippen molar-refractivity contribution in [1.29, 1.82) is 0 Å². The predicted molar refractivity (Wildman–Crippen MR) is 68.8 cm³/mol. The van der Waals surface area contributed by atoms with Gasteiger partial charge >= 0.3 is 0 Å². The fourth-order valence-electron chi connectivity index (χ4n) is 0.951. The number of hydrogen-bond donors (Lipinski definition) is 2. The molecule has 1 amide bonds. The van der Waals surface area contributed by atoms with E-state index >= 15 is 0 Å². The van der Waals surface area contributed by atoms with Crippen molar-refractivity contribution in [3.8, 4) is 0 Å². The van der Waals surface area contributed by atoms with Gasteiger partial charge in [0.25, 0.3) is 10.0 Å². The van der Waals surface area contributed by atoms with E-state index in [1.54, 1.807) is 6.92 Å². The monoisotopic (exact) mass is 292 g/mol. The number of sulfonamides is 1. The maximum Gasteiger partial charge on any atom is 0.270 e. The molecule has 0 bridgehead atoms. The number of carbonyl (C=O) groups excluding carboxylic acids is 1. The molecule has 0 saturated heterocycles. The van der Waals surface area contributed by atoms with Gasteiger partial charge in [0, 0.05) is 13.0 Å². The smallest absolute Gasteiger partial charge is 0.270 e. The van der Waals surface area contributed by atoms with Gasteiger partial charge in [0.2, 0.25) is 15.4 Å². The van der Waals surface area contributed by atoms with Crippen LogP contribution in [0.3, 0.4) is 0 Å². The van der Waals surface area contributed by atoms with Gasteiger partial charge in [-0.1, -0.05) is 25.2 Å². The quantitative estimate of drug-likeness (QED) is 0.782. The highest BCUT2D eigenvalue weighted by Gasteiger charge is 2.23. The van der Waals surface area contributed by atoms with Crippen LogP contribution in [0.15, 0.2) is 4.34 Å². The molecular weight excluding hydrogens is 276 g/mol. The lowest BCUT2D eigenvalue weighted by atomic mass is 10.1. The number of carbonyl (C=O) groups is 1. The molecule has 9 heteroatoms. The van der Waals surface area contributed by atoms with E-state index in [1.165, 1.54) is 6.92 Å². The van der Waals surface area contributed by atoms with Crippen LogP contribution in [0.1, 0.15) is 27.7 Å². The summed E-state index contributed by atoms with van der Waals surface area (Å²) >= 11 is 0.817. The van der Waals surface area contributed by atoms with Crippen LogP contribution in [0, 0.1) is 5.92 Å². The number of nitrogens with one attached hydrogen (secondary N) is 2. The van der Waals surface area contributed by atoms with Gasteiger partial charge in [-0.15, -0.1) is 10.2 Å². The van der Waals surface area contributed by atoms with Crippen molar-refractivity contribution in [3.63, 3.8) is 0 Å². The van der Waals surface area contributed by atoms with Crippen LogP contribution in [0.5, 0.6) is 0 Å². The van der Waals surface area contributed by atoms with Gasteiger partial charge in [0.05, 0.1) is 0 Å². The van der Waals surface area contributed by atoms with E-state index in [0.29, 0.717) is 0 Å². The molecule has 0 saturated carbocycles. The summed E-state index contributed by atoms with van der Waals surface area (Å²) in [6.45, 7) is 6.92. The third-order valence-electron chi connectivity index (χ3n) is 2.26. The molecule has 1 atom stereocenters. The van der Waals surface area contributed by atoms with E-state index in [1.807, 2.05) is 13.8 Å². The molecule has 1 rings (SSSR count). The first kappa shape index (κ1) is 15.0. The first-order valence-electron chi connectivity index (χ1n) is 5.36. The molecule has 0 fully saturated rings. The lowest BCUT2D eigenvalue weighted by Crippen LogP contribution is -2.36. The molecule has 0 aliphatic heterocycles. The molecule has 0 aromatic carbocycles. The van der Waals surface area contributed by atoms with E-state index in [0.717, 1.165) is 11.3 Å². The lowest BCUT2D eigenvalue weighted by molar-refractivity contribution is -0.114. The molecule has 1 aromatic rings. The topological polar surface area (TPSA) is 101 Å². The largest absolute Gasteiger partial charge is 0.301 e. The highest BCUT2D eigenvalue weighted by molar-refractivity contribution is 7.91. The molecule has 1 heterocycles. The van der Waals surface area contributed by atoms with Gasteiger partial charge in [-0.3, -0.25) is 4.79 Å². The molecule has 102 valence electrons. The Hall–Kier alpha value is -1.06. The molecule has 0 aliphatic rings. The zero-order chi connectivity index (χ0) is 13.9. The second-order valence-corrected chi connectivity index (χ2v) is 7.07. The molecule has 1 unspecified atom stereocenters. The average molecular weight is 292 g/mol. The lowest BCUT2D eigenvalue weighted by Gasteiger charge is -2.15. The van der Waals surface area contributed by atoms with Crippen molar-refractivity contribution < 1.29 is 13.2 Å². The van der Waals surface area contributed by atoms with E-state index in [-0.39, 0.29) is 27.3 Å². The number of hydrogen-bond acceptors (Lipinski definition) is 6. The summed E-state index contributed by atoms with van der Waals surface area (Å²) < 4.78 is 26.2. The van der Waals surface area contributed by atoms with Crippen LogP contribution in [-0.2, 0) is 14.8 Å². The van der Waals surface area contributed by atoms with Gasteiger partial charge in [-0.25, -0.2) is 13.1 Å². The maximum atomic E-state index is 11.9. The van der Waals surface area contributed by atoms with Crippen molar-refractivity contribution in [3.05, 3.63) is 0 Å². The number of rotatable bonds is 5. The van der Waals surface area contributed by atoms with Crippen LogP contribution < -0.4 is 10.0 Å². The van der Waals surface area contributed by atoms with Gasteiger partial charge in [0.15, 0.2) is 0 Å². The van der Waals surface area contributed by atoms with E-state index in [4.69, 9.17) is 0 Å². The zero-order valence-electron chi connectivity index (χ0n) is 10.6. The molecule has 0 spiro atoms. The molecule has 2 N–H and O–H groups in total. The summed E-state index contributed by atoms with van der Waals surface area (Å²) in [5.41, 5.74) is 0. The Labute approximate surface area is 110 Å². The van der Waals surface area contributed by atoms with Crippen molar-refractivity contribution in [1.82, 2.24) is 14.9 Å². The predicted octanol–water partition coefficient (Wildman–Crippen LogP) is 0.819. The first-order chi connectivity index (χ1) is 8.22. The Morgan fingerprint density at radius 3 is 2.39 bits per heavy atom. The Balaban J connectivity index is 2.85. The summed E-state index contributed by atoms with van der Waals surface area (Å²) in [5.74, 6) is -0.152. The summed E-state index contributed by atoms with van der Waals surface area (Å²) in [5, 5.41) is 9.70. The second kappa shape index (κ2) is 5.72. The van der Waals surface area contributed by atoms with Crippen LogP contribution in [0.25, 0.3) is 0 Å². The van der Waals surface area contributed by atoms with E-state index in [9.17, 15) is 13.2 Å². The Bertz CT molecular complexity index is 524. The Kier molecular flexibility index (Phi) is 4.77. The van der Waals surface area contributed by atoms with Crippen LogP contribution in [-0.4, -0.2) is 30.6 Å². The summed E-state index contributed by atoms with van der Waals surface area (Å²) in [6.07, 6.45) is 0. The third-order valence-corrected chi connectivity index (χ3v) is 5.03. The van der Waals surface area contributed by atoms with Gasteiger partial charge in [-0.2, -0.15) is 0 Å². The van der Waals surface area contributed by atoms with Crippen LogP contribution in [0.4, 0.5) is 5.13 Å². The highest BCUT2D eigenvalue weighted by atomic mass is 32.2. The minimum atomic E-state index is -3.68. The molecule has 0 radical (unpaired) electrons. The Morgan fingerprint density at radius 2 is 1.89 bits per heavy atom. The zero-order valence-corrected chi connectivity index (χ0v) is 12.2. The SMILES string of the molecule is CC(=O)Nc1nnc(S(=O)(=O)NC(C)C(C)C)s1. The van der Waals surface area contributed by atoms with Crippen LogP contribution >= 0.6 is 11.3 Å². The van der Waals surface area contributed by atoms with Crippen molar-refractivity contribution in [2.75, 3.05) is 5.32 Å². The number of nitrogens with zero attached hydrogens (tertiary/aromatic N) is 2. The van der Waals surface area contributed by atoms with Gasteiger partial charge in [-0.05, 0) is 12.8 Å². The molecular formula is C9H16N4O3S2. The third kappa shape index (κ3) is 4.00. The van der Waals surface area contributed by atoms with Crippen LogP contribution in [0.2, 0.25) is 0 Å². The summed E-state index contributed by atoms with van der Waals surface area (Å²) in [4.78, 5) is 10.8. The molecule has 18 heavy (non-hydrogen) atoms. The Morgan fingerprint density at radius 1 is 1.28 bits per heavy atom. The number of amides is 1. The van der Waals surface area contributed by atoms with Crippen molar-refractivity contribution in [2.24, 2.45) is 5.92 Å².